The fourth-order valence-electron chi connectivity index (χ4n) is 8.14. The van der Waals surface area contributed by atoms with Crippen LogP contribution in [0.4, 0.5) is 0 Å². The second-order valence-electron chi connectivity index (χ2n) is 18.6. The van der Waals surface area contributed by atoms with E-state index in [-0.39, 0.29) is 13.4 Å². The molecule has 32 nitrogen and oxygen atoms in total. The molecule has 8 heterocycles. The Morgan fingerprint density at radius 2 is 1.39 bits per heavy atom. The Balaban J connectivity index is 0.000000275. The molecule has 37 heteroatoms. The number of halogens is 3. The zero-order valence-electron chi connectivity index (χ0n) is 46.7. The number of amidine groups is 1. The van der Waals surface area contributed by atoms with Crippen LogP contribution in [0.2, 0.25) is 14.8 Å². The van der Waals surface area contributed by atoms with Crippen LogP contribution < -0.4 is 5.32 Å². The van der Waals surface area contributed by atoms with Crippen molar-refractivity contribution in [2.24, 2.45) is 32.1 Å². The van der Waals surface area contributed by atoms with Crippen LogP contribution in [0.3, 0.4) is 0 Å². The lowest BCUT2D eigenvalue weighted by Gasteiger charge is -2.40. The fourth-order valence-corrected chi connectivity index (χ4v) is 10.4. The molecule has 2 atom stereocenters. The maximum atomic E-state index is 10.6. The lowest BCUT2D eigenvalue weighted by molar-refractivity contribution is -0.486. The number of hydrogen-bond donors (Lipinski definition) is 1. The zero-order chi connectivity index (χ0) is 61.0. The van der Waals surface area contributed by atoms with Crippen LogP contribution >= 0.6 is 57.9 Å². The van der Waals surface area contributed by atoms with Crippen LogP contribution in [-0.4, -0.2) is 219 Å². The van der Waals surface area contributed by atoms with Crippen molar-refractivity contribution in [2.75, 3.05) is 121 Å². The van der Waals surface area contributed by atoms with Crippen LogP contribution in [0.25, 0.3) is 0 Å². The lowest BCUT2D eigenvalue weighted by atomic mass is 10.1. The molecule has 0 saturated carbocycles. The predicted octanol–water partition coefficient (Wildman–Crippen LogP) is 5.47. The molecular weight excluding hydrogens is 1210 g/mol. The highest BCUT2D eigenvalue weighted by Crippen LogP contribution is 2.29. The first-order valence-corrected chi connectivity index (χ1v) is 28.1. The van der Waals surface area contributed by atoms with E-state index in [2.05, 4.69) is 45.5 Å². The summed E-state index contributed by atoms with van der Waals surface area (Å²) < 4.78 is 16.5. The van der Waals surface area contributed by atoms with E-state index in [1.807, 2.05) is 41.9 Å². The molecule has 84 heavy (non-hydrogen) atoms. The zero-order valence-corrected chi connectivity index (χ0v) is 50.6. The van der Waals surface area contributed by atoms with Crippen molar-refractivity contribution in [1.29, 1.82) is 5.26 Å². The molecule has 5 aliphatic heterocycles. The summed E-state index contributed by atoms with van der Waals surface area (Å²) in [6, 6.07) is 7.05. The maximum absolute atomic E-state index is 10.6. The van der Waals surface area contributed by atoms with Crippen LogP contribution in [0, 0.1) is 63.7 Å². The van der Waals surface area contributed by atoms with Crippen molar-refractivity contribution < 1.29 is 34.2 Å². The normalized spacial score (nSPS) is 19.3. The fraction of sp³-hybridized carbons (Fsp3) is 0.574. The number of pyridine rings is 2. The Hall–Kier alpha value is -7.10. The molecule has 3 aromatic rings. The second-order valence-corrected chi connectivity index (χ2v) is 22.2. The van der Waals surface area contributed by atoms with Gasteiger partial charge >= 0.3 is 0 Å². The molecule has 5 fully saturated rings. The van der Waals surface area contributed by atoms with Gasteiger partial charge in [-0.15, -0.1) is 23.1 Å². The highest BCUT2D eigenvalue weighted by molar-refractivity contribution is 8.03. The Morgan fingerprint density at radius 1 is 0.798 bits per heavy atom. The number of ether oxygens (including phenoxy) is 3. The van der Waals surface area contributed by atoms with E-state index in [1.54, 1.807) is 90.6 Å². The largest absolute Gasteiger partial charge is 0.381 e. The van der Waals surface area contributed by atoms with E-state index >= 15 is 0 Å². The van der Waals surface area contributed by atoms with Crippen molar-refractivity contribution >= 4 is 81.6 Å². The standard InChI is InChI=1S/C10H10ClN3O2S.C10H19N5O3.C9H12ClN5O2.C9H16N4O4.C8H9ClN4S.CH4/c11-9-2-1-8(5-12-9)6-13-3-4-17-10(13)7-14(15)16;1-12-7-13(2)10(11-15(16)17)14(8-12)5-9-3-4-18-6-9;1-11-9(13-15(16)17)14(2)6-7-3-4-8(10)12-5-7;1-11-6-17-7-12(9(11)10-13(14)15)4-8-2-3-16-5-8;1-6(12-5-10)13(2)4-7-3-11-8(9)14-7;/h1-2,5,7H,3-4,6H2;9H,3-8H2,1-2H3;3-5H,6H2,1-2H3,(H,11,13);8H,2-7H2,1H3;3H,4H2,1-2H3;1H4/b10-7-;11-10+;;10-9+;;. The minimum atomic E-state index is -0.748. The minimum absolute atomic E-state index is 0. The van der Waals surface area contributed by atoms with Gasteiger partial charge in [-0.05, 0) is 50.1 Å². The number of guanidine groups is 3. The van der Waals surface area contributed by atoms with Gasteiger partial charge in [-0.1, -0.05) is 54.4 Å². The summed E-state index contributed by atoms with van der Waals surface area (Å²) in [6.07, 6.45) is 9.82. The van der Waals surface area contributed by atoms with E-state index in [0.29, 0.717) is 109 Å². The number of hydrogen-bond acceptors (Lipinski definition) is 20. The average Bonchev–Trinajstić information content (AvgIpc) is 4.38. The SMILES string of the molecule is C.CC(=NC#N)N(C)Cc1cnc(Cl)s1.CN/C(=N\[N+](=O)[O-])N(C)Cc1ccc(Cl)nc1.CN1CN(C)/C(=N\[N+](=O)[O-])N(CC2CCOC2)C1.CN1COCN(CC2CCOC2)/C1=N/[N+](=O)[O-].O=[N+]([O-])/C=C1\SCCN1Cc1ccc(Cl)nc1. The van der Waals surface area contributed by atoms with Gasteiger partial charge in [-0.25, -0.2) is 45.3 Å². The molecule has 0 bridgehead atoms. The molecule has 8 rings (SSSR count). The molecule has 0 radical (unpaired) electrons. The summed E-state index contributed by atoms with van der Waals surface area (Å²) in [5.41, 5.74) is 1.87. The van der Waals surface area contributed by atoms with Gasteiger partial charge < -0.3 is 53.8 Å². The highest BCUT2D eigenvalue weighted by Gasteiger charge is 2.31. The number of aliphatic imine (C=N–C) groups is 1. The molecule has 5 saturated heterocycles. The number of thiazole rings is 1. The molecule has 1 N–H and O–H groups in total. The Bertz CT molecular complexity index is 2750. The molecule has 3 aromatic heterocycles. The van der Waals surface area contributed by atoms with E-state index in [9.17, 15) is 40.5 Å². The Morgan fingerprint density at radius 3 is 1.89 bits per heavy atom. The van der Waals surface area contributed by atoms with Crippen molar-refractivity contribution in [2.45, 2.75) is 46.8 Å². The maximum Gasteiger partial charge on any atom is 0.277 e. The molecule has 0 aromatic carbocycles. The van der Waals surface area contributed by atoms with Crippen LogP contribution in [0.1, 0.15) is 43.2 Å². The van der Waals surface area contributed by atoms with Gasteiger partial charge in [-0.3, -0.25) is 15.0 Å². The Kier molecular flexibility index (Phi) is 31.6. The number of aromatic nitrogens is 3. The number of nitrogens with one attached hydrogen (secondary N) is 1. The van der Waals surface area contributed by atoms with E-state index in [0.717, 1.165) is 73.7 Å². The van der Waals surface area contributed by atoms with Crippen LogP contribution in [0.5, 0.6) is 0 Å². The number of rotatable bonds is 14. The number of nitrogens with zero attached hydrogens (tertiary/aromatic N) is 20. The van der Waals surface area contributed by atoms with Crippen molar-refractivity contribution in [3.8, 4) is 6.19 Å². The summed E-state index contributed by atoms with van der Waals surface area (Å²) in [6.45, 7) is 10.7. The highest BCUT2D eigenvalue weighted by atomic mass is 35.5. The third-order valence-electron chi connectivity index (χ3n) is 11.9. The molecule has 0 amide bonds. The van der Waals surface area contributed by atoms with E-state index in [4.69, 9.17) is 54.3 Å². The van der Waals surface area contributed by atoms with Gasteiger partial charge in [0.1, 0.15) is 49.9 Å². The molecule has 0 aliphatic carbocycles. The first kappa shape index (κ1) is 71.2. The van der Waals surface area contributed by atoms with Gasteiger partial charge in [0.2, 0.25) is 6.19 Å². The van der Waals surface area contributed by atoms with Gasteiger partial charge in [-0.2, -0.15) is 10.3 Å². The average molecular weight is 1280 g/mol. The van der Waals surface area contributed by atoms with Crippen LogP contribution in [0.15, 0.2) is 74.4 Å². The monoisotopic (exact) mass is 1270 g/mol. The summed E-state index contributed by atoms with van der Waals surface area (Å²) in [5, 5.41) is 62.5. The number of nitriles is 1. The van der Waals surface area contributed by atoms with E-state index < -0.39 is 20.0 Å². The molecule has 0 spiro atoms. The van der Waals surface area contributed by atoms with Gasteiger partial charge in [0.25, 0.3) is 24.1 Å². The van der Waals surface area contributed by atoms with Crippen molar-refractivity contribution in [3.05, 3.63) is 125 Å². The molecule has 462 valence electrons. The summed E-state index contributed by atoms with van der Waals surface area (Å²) in [5.74, 6) is 3.34. The summed E-state index contributed by atoms with van der Waals surface area (Å²) in [4.78, 5) is 72.6. The summed E-state index contributed by atoms with van der Waals surface area (Å²) >= 11 is 20.0. The predicted molar refractivity (Wildman–Crippen MR) is 319 cm³/mol. The quantitative estimate of drug-likeness (QED) is 0.0522. The van der Waals surface area contributed by atoms with Crippen LogP contribution in [-0.2, 0) is 33.8 Å². The van der Waals surface area contributed by atoms with Gasteiger partial charge in [0.15, 0.2) is 19.6 Å². The molecule has 5 aliphatic rings. The molecule has 2 unspecified atom stereocenters. The first-order chi connectivity index (χ1) is 39.5. The molecular formula is C47H70Cl3N21O11S2. The lowest BCUT2D eigenvalue weighted by Crippen LogP contribution is -2.57. The van der Waals surface area contributed by atoms with Crippen molar-refractivity contribution in [1.82, 2.24) is 59.5 Å². The minimum Gasteiger partial charge on any atom is -0.381 e. The third-order valence-corrected chi connectivity index (χ3v) is 14.5. The smallest absolute Gasteiger partial charge is 0.277 e. The summed E-state index contributed by atoms with van der Waals surface area (Å²) in [7, 11) is 10.6. The van der Waals surface area contributed by atoms with E-state index in [1.165, 1.54) is 23.1 Å². The Labute approximate surface area is 509 Å². The first-order valence-electron chi connectivity index (χ1n) is 25.1. The third kappa shape index (κ3) is 26.2. The van der Waals surface area contributed by atoms with Crippen molar-refractivity contribution in [3.63, 3.8) is 0 Å². The second kappa shape index (κ2) is 37.3. The van der Waals surface area contributed by atoms with Gasteiger partial charge in [0, 0.05) is 122 Å². The number of hydrazone groups is 3. The number of nitro groups is 4. The number of thioether (sulfide) groups is 1. The van der Waals surface area contributed by atoms with Gasteiger partial charge in [0.05, 0.1) is 38.0 Å². The topological polar surface area (TPSA) is 350 Å².